The Morgan fingerprint density at radius 3 is 2.71 bits per heavy atom. The first kappa shape index (κ1) is 21.1. The summed E-state index contributed by atoms with van der Waals surface area (Å²) in [5.41, 5.74) is 1.71. The van der Waals surface area contributed by atoms with Crippen LogP contribution >= 0.6 is 11.6 Å². The van der Waals surface area contributed by atoms with E-state index in [0.29, 0.717) is 31.2 Å². The standard InChI is InChI=1S/C18H25ClN4O4S/c1-21(2)28(24,25)23-9-11-27-18(13-23)17-12-15(22(3)20-17)8-10-26-16-6-4-14(19)5-7-16/h4-7,12,18H,8-11,13H2,1-3H3/t18-/m1/s1. The van der Waals surface area contributed by atoms with Crippen LogP contribution in [0, 0.1) is 0 Å². The second-order valence-electron chi connectivity index (χ2n) is 6.74. The molecule has 1 aliphatic heterocycles. The van der Waals surface area contributed by atoms with Crippen molar-refractivity contribution in [2.24, 2.45) is 7.05 Å². The Morgan fingerprint density at radius 1 is 1.32 bits per heavy atom. The molecule has 10 heteroatoms. The van der Waals surface area contributed by atoms with Gasteiger partial charge in [0.05, 0.1) is 18.9 Å². The van der Waals surface area contributed by atoms with Gasteiger partial charge >= 0.3 is 0 Å². The molecule has 1 aliphatic rings. The SMILES string of the molecule is CN(C)S(=O)(=O)N1CCO[C@@H](c2cc(CCOc3ccc(Cl)cc3)n(C)n2)C1. The molecule has 1 aromatic carbocycles. The van der Waals surface area contributed by atoms with Gasteiger partial charge in [0.1, 0.15) is 11.9 Å². The molecule has 1 fully saturated rings. The summed E-state index contributed by atoms with van der Waals surface area (Å²) < 4.78 is 40.7. The monoisotopic (exact) mass is 428 g/mol. The molecule has 0 bridgehead atoms. The maximum absolute atomic E-state index is 12.4. The highest BCUT2D eigenvalue weighted by Crippen LogP contribution is 2.24. The average molecular weight is 429 g/mol. The number of benzene rings is 1. The van der Waals surface area contributed by atoms with Crippen LogP contribution in [0.4, 0.5) is 0 Å². The Morgan fingerprint density at radius 2 is 2.04 bits per heavy atom. The first-order chi connectivity index (χ1) is 13.3. The number of rotatable bonds is 7. The summed E-state index contributed by atoms with van der Waals surface area (Å²) in [4.78, 5) is 0. The summed E-state index contributed by atoms with van der Waals surface area (Å²) in [6.45, 7) is 1.42. The zero-order chi connectivity index (χ0) is 20.3. The zero-order valence-electron chi connectivity index (χ0n) is 16.2. The van der Waals surface area contributed by atoms with Gasteiger partial charge in [-0.1, -0.05) is 11.6 Å². The Hall–Kier alpha value is -1.65. The van der Waals surface area contributed by atoms with Crippen LogP contribution in [0.1, 0.15) is 17.5 Å². The summed E-state index contributed by atoms with van der Waals surface area (Å²) in [6, 6.07) is 9.17. The van der Waals surface area contributed by atoms with Crippen LogP contribution in [0.3, 0.4) is 0 Å². The molecule has 154 valence electrons. The molecular formula is C18H25ClN4O4S. The van der Waals surface area contributed by atoms with E-state index >= 15 is 0 Å². The molecule has 2 heterocycles. The molecule has 0 spiro atoms. The first-order valence-electron chi connectivity index (χ1n) is 8.98. The van der Waals surface area contributed by atoms with Gasteiger partial charge in [0.25, 0.3) is 10.2 Å². The van der Waals surface area contributed by atoms with Crippen molar-refractivity contribution in [3.05, 3.63) is 46.7 Å². The van der Waals surface area contributed by atoms with Gasteiger partial charge in [-0.15, -0.1) is 0 Å². The summed E-state index contributed by atoms with van der Waals surface area (Å²) in [5.74, 6) is 0.756. The Labute approximate surface area is 170 Å². The van der Waals surface area contributed by atoms with Gasteiger partial charge in [-0.25, -0.2) is 0 Å². The number of nitrogens with zero attached hydrogens (tertiary/aromatic N) is 4. The molecular weight excluding hydrogens is 404 g/mol. The van der Waals surface area contributed by atoms with Crippen molar-refractivity contribution in [3.8, 4) is 5.75 Å². The normalized spacial score (nSPS) is 18.5. The fourth-order valence-electron chi connectivity index (χ4n) is 2.97. The molecule has 8 nitrogen and oxygen atoms in total. The van der Waals surface area contributed by atoms with E-state index in [1.54, 1.807) is 16.8 Å². The smallest absolute Gasteiger partial charge is 0.281 e. The predicted molar refractivity (Wildman–Crippen MR) is 107 cm³/mol. The zero-order valence-corrected chi connectivity index (χ0v) is 17.8. The van der Waals surface area contributed by atoms with Crippen LogP contribution in [0.2, 0.25) is 5.02 Å². The number of hydrogen-bond donors (Lipinski definition) is 0. The van der Waals surface area contributed by atoms with Crippen molar-refractivity contribution in [1.82, 2.24) is 18.4 Å². The summed E-state index contributed by atoms with van der Waals surface area (Å²) in [7, 11) is 1.44. The van der Waals surface area contributed by atoms with Crippen molar-refractivity contribution < 1.29 is 17.9 Å². The van der Waals surface area contributed by atoms with Crippen LogP contribution in [0.5, 0.6) is 5.75 Å². The highest BCUT2D eigenvalue weighted by Gasteiger charge is 2.32. The number of morpholine rings is 1. The number of aromatic nitrogens is 2. The van der Waals surface area contributed by atoms with Gasteiger partial charge < -0.3 is 9.47 Å². The molecule has 2 aromatic rings. The van der Waals surface area contributed by atoms with Crippen molar-refractivity contribution in [1.29, 1.82) is 0 Å². The lowest BCUT2D eigenvalue weighted by Gasteiger charge is -2.32. The van der Waals surface area contributed by atoms with Gasteiger partial charge in [0, 0.05) is 51.4 Å². The average Bonchev–Trinajstić information content (AvgIpc) is 3.04. The van der Waals surface area contributed by atoms with Crippen LogP contribution < -0.4 is 4.74 Å². The Balaban J connectivity index is 1.62. The molecule has 0 unspecified atom stereocenters. The van der Waals surface area contributed by atoms with Gasteiger partial charge in [-0.2, -0.15) is 22.1 Å². The van der Waals surface area contributed by atoms with Crippen LogP contribution in [0.15, 0.2) is 30.3 Å². The van der Waals surface area contributed by atoms with E-state index in [2.05, 4.69) is 5.10 Å². The quantitative estimate of drug-likeness (QED) is 0.672. The summed E-state index contributed by atoms with van der Waals surface area (Å²) in [5, 5.41) is 5.18. The minimum atomic E-state index is -3.47. The van der Waals surface area contributed by atoms with E-state index in [1.807, 2.05) is 25.2 Å². The Kier molecular flexibility index (Phi) is 6.61. The van der Waals surface area contributed by atoms with Crippen molar-refractivity contribution in [2.75, 3.05) is 40.4 Å². The van der Waals surface area contributed by atoms with E-state index in [-0.39, 0.29) is 12.6 Å². The van der Waals surface area contributed by atoms with Gasteiger partial charge in [-0.05, 0) is 30.3 Å². The van der Waals surface area contributed by atoms with E-state index < -0.39 is 10.2 Å². The third-order valence-electron chi connectivity index (χ3n) is 4.58. The van der Waals surface area contributed by atoms with Crippen LogP contribution in [-0.2, 0) is 28.4 Å². The lowest BCUT2D eigenvalue weighted by Crippen LogP contribution is -2.47. The molecule has 1 aromatic heterocycles. The second-order valence-corrected chi connectivity index (χ2v) is 9.32. The minimum Gasteiger partial charge on any atom is -0.493 e. The maximum atomic E-state index is 12.4. The van der Waals surface area contributed by atoms with Crippen molar-refractivity contribution in [3.63, 3.8) is 0 Å². The van der Waals surface area contributed by atoms with Crippen molar-refractivity contribution >= 4 is 21.8 Å². The fraction of sp³-hybridized carbons (Fsp3) is 0.500. The molecule has 0 saturated carbocycles. The lowest BCUT2D eigenvalue weighted by molar-refractivity contribution is -0.00649. The van der Waals surface area contributed by atoms with Crippen molar-refractivity contribution in [2.45, 2.75) is 12.5 Å². The number of hydrogen-bond acceptors (Lipinski definition) is 5. The van der Waals surface area contributed by atoms with E-state index in [1.165, 1.54) is 22.7 Å². The highest BCUT2D eigenvalue weighted by molar-refractivity contribution is 7.86. The summed E-state index contributed by atoms with van der Waals surface area (Å²) >= 11 is 5.87. The molecule has 3 rings (SSSR count). The Bertz CT molecular complexity index is 899. The topological polar surface area (TPSA) is 76.9 Å². The number of halogens is 1. The number of ether oxygens (including phenoxy) is 2. The maximum Gasteiger partial charge on any atom is 0.281 e. The van der Waals surface area contributed by atoms with E-state index in [9.17, 15) is 8.42 Å². The second kappa shape index (κ2) is 8.79. The molecule has 0 N–H and O–H groups in total. The molecule has 0 aliphatic carbocycles. The first-order valence-corrected chi connectivity index (χ1v) is 10.8. The summed E-state index contributed by atoms with van der Waals surface area (Å²) in [6.07, 6.45) is 0.277. The fourth-order valence-corrected chi connectivity index (χ4v) is 4.19. The molecule has 0 amide bonds. The van der Waals surface area contributed by atoms with Crippen LogP contribution in [0.25, 0.3) is 0 Å². The van der Waals surface area contributed by atoms with E-state index in [4.69, 9.17) is 21.1 Å². The van der Waals surface area contributed by atoms with Gasteiger partial charge in [0.15, 0.2) is 0 Å². The lowest BCUT2D eigenvalue weighted by atomic mass is 10.2. The molecule has 0 radical (unpaired) electrons. The third-order valence-corrected chi connectivity index (χ3v) is 6.74. The van der Waals surface area contributed by atoms with Crippen LogP contribution in [-0.4, -0.2) is 67.2 Å². The van der Waals surface area contributed by atoms with Gasteiger partial charge in [-0.3, -0.25) is 4.68 Å². The third kappa shape index (κ3) is 4.84. The number of aryl methyl sites for hydroxylation is 1. The van der Waals surface area contributed by atoms with Gasteiger partial charge in [0.2, 0.25) is 0 Å². The molecule has 1 atom stereocenters. The van der Waals surface area contributed by atoms with E-state index in [0.717, 1.165) is 17.1 Å². The molecule has 1 saturated heterocycles. The predicted octanol–water partition coefficient (Wildman–Crippen LogP) is 1.87. The molecule has 28 heavy (non-hydrogen) atoms. The minimum absolute atomic E-state index is 0.248. The highest BCUT2D eigenvalue weighted by atomic mass is 35.5. The largest absolute Gasteiger partial charge is 0.493 e.